The number of carbonyl (C=O) groups is 2. The molecule has 0 aliphatic carbocycles. The lowest BCUT2D eigenvalue weighted by Crippen LogP contribution is -2.44. The van der Waals surface area contributed by atoms with Crippen LogP contribution >= 0.6 is 0 Å². The van der Waals surface area contributed by atoms with Crippen molar-refractivity contribution in [3.63, 3.8) is 0 Å². The highest BCUT2D eigenvalue weighted by Gasteiger charge is 2.38. The second kappa shape index (κ2) is 14.4. The Bertz CT molecular complexity index is 1620. The Labute approximate surface area is 266 Å². The summed E-state index contributed by atoms with van der Waals surface area (Å²) in [5.74, 6) is -3.50. The lowest BCUT2D eigenvalue weighted by Gasteiger charge is -2.35. The first-order valence-electron chi connectivity index (χ1n) is 14.9. The minimum absolute atomic E-state index is 0.0264. The van der Waals surface area contributed by atoms with Crippen LogP contribution < -0.4 is 15.5 Å². The van der Waals surface area contributed by atoms with Gasteiger partial charge in [-0.15, -0.1) is 5.10 Å². The van der Waals surface area contributed by atoms with Gasteiger partial charge in [0.05, 0.1) is 52.5 Å². The summed E-state index contributed by atoms with van der Waals surface area (Å²) in [6.07, 6.45) is -3.08. The molecule has 252 valence electrons. The summed E-state index contributed by atoms with van der Waals surface area (Å²) < 4.78 is 62.2. The molecule has 3 heterocycles. The summed E-state index contributed by atoms with van der Waals surface area (Å²) in [6.45, 7) is 6.68. The number of piperazine rings is 1. The second-order valence-corrected chi connectivity index (χ2v) is 11.2. The number of amides is 2. The van der Waals surface area contributed by atoms with Gasteiger partial charge in [0.1, 0.15) is 0 Å². The number of nitrogens with zero attached hydrogens (tertiary/aromatic N) is 7. The maximum atomic E-state index is 14.2. The molecule has 0 saturated carbocycles. The summed E-state index contributed by atoms with van der Waals surface area (Å²) in [4.78, 5) is 42.4. The number of alkyl halides is 3. The van der Waals surface area contributed by atoms with Gasteiger partial charge in [0.15, 0.2) is 5.69 Å². The topological polar surface area (TPSA) is 151 Å². The van der Waals surface area contributed by atoms with Crippen LogP contribution in [-0.2, 0) is 10.9 Å². The minimum Gasteiger partial charge on any atom is -0.379 e. The number of nitro groups is 1. The van der Waals surface area contributed by atoms with Gasteiger partial charge in [-0.2, -0.15) is 17.6 Å². The van der Waals surface area contributed by atoms with Gasteiger partial charge in [-0.05, 0) is 44.3 Å². The molecule has 2 saturated heterocycles. The zero-order chi connectivity index (χ0) is 33.7. The molecule has 1 aromatic heterocycles. The number of nitro benzene ring substituents is 1. The Hall–Kier alpha value is -4.68. The van der Waals surface area contributed by atoms with E-state index in [1.165, 1.54) is 16.9 Å². The Morgan fingerprint density at radius 3 is 2.45 bits per heavy atom. The van der Waals surface area contributed by atoms with Crippen LogP contribution in [-0.4, -0.2) is 114 Å². The molecular formula is C29H33F4N9O5. The van der Waals surface area contributed by atoms with Crippen LogP contribution in [0.15, 0.2) is 36.5 Å². The van der Waals surface area contributed by atoms with Crippen molar-refractivity contribution in [1.29, 1.82) is 0 Å². The number of nitrogens with one attached hydrogen (secondary N) is 2. The number of anilines is 2. The summed E-state index contributed by atoms with van der Waals surface area (Å²) in [7, 11) is 1.94. The van der Waals surface area contributed by atoms with Gasteiger partial charge in [-0.1, -0.05) is 5.21 Å². The number of halogens is 4. The van der Waals surface area contributed by atoms with E-state index >= 15 is 0 Å². The quantitative estimate of drug-likeness (QED) is 0.144. The Morgan fingerprint density at radius 1 is 1.04 bits per heavy atom. The summed E-state index contributed by atoms with van der Waals surface area (Å²) in [5, 5.41) is 24.5. The molecule has 2 amide bonds. The van der Waals surface area contributed by atoms with Gasteiger partial charge >= 0.3 is 11.9 Å². The third kappa shape index (κ3) is 8.19. The third-order valence-electron chi connectivity index (χ3n) is 7.94. The van der Waals surface area contributed by atoms with Crippen molar-refractivity contribution in [2.45, 2.75) is 12.6 Å². The van der Waals surface area contributed by atoms with Gasteiger partial charge in [-0.3, -0.25) is 24.6 Å². The van der Waals surface area contributed by atoms with Gasteiger partial charge < -0.3 is 25.2 Å². The molecule has 0 atom stereocenters. The lowest BCUT2D eigenvalue weighted by atomic mass is 10.0. The number of rotatable bonds is 10. The molecule has 2 aliphatic heterocycles. The van der Waals surface area contributed by atoms with Crippen LogP contribution in [0.2, 0.25) is 0 Å². The van der Waals surface area contributed by atoms with E-state index in [2.05, 4.69) is 30.7 Å². The SMILES string of the molecule is CN1CCN(c2ccc(-n3cc(C(=O)NCCCN4CCOCC4)nn3)cc2NC(=O)c2cc([N+](=O)[O-])c(F)cc2C(F)(F)F)CC1. The highest BCUT2D eigenvalue weighted by atomic mass is 19.4. The van der Waals surface area contributed by atoms with Crippen LogP contribution in [0.5, 0.6) is 0 Å². The van der Waals surface area contributed by atoms with Crippen LogP contribution in [0.3, 0.4) is 0 Å². The monoisotopic (exact) mass is 663 g/mol. The maximum Gasteiger partial charge on any atom is 0.417 e. The van der Waals surface area contributed by atoms with Gasteiger partial charge in [0, 0.05) is 51.9 Å². The normalized spacial score (nSPS) is 16.2. The van der Waals surface area contributed by atoms with E-state index in [9.17, 15) is 37.3 Å². The zero-order valence-electron chi connectivity index (χ0n) is 25.4. The van der Waals surface area contributed by atoms with E-state index in [1.807, 2.05) is 11.9 Å². The highest BCUT2D eigenvalue weighted by Crippen LogP contribution is 2.37. The summed E-state index contributed by atoms with van der Waals surface area (Å²) >= 11 is 0. The molecule has 5 rings (SSSR count). The van der Waals surface area contributed by atoms with Crippen molar-refractivity contribution in [3.8, 4) is 5.69 Å². The van der Waals surface area contributed by atoms with E-state index in [0.717, 1.165) is 26.1 Å². The highest BCUT2D eigenvalue weighted by molar-refractivity contribution is 6.07. The molecule has 47 heavy (non-hydrogen) atoms. The number of ether oxygens (including phenoxy) is 1. The van der Waals surface area contributed by atoms with Crippen molar-refractivity contribution in [2.24, 2.45) is 0 Å². The molecule has 0 bridgehead atoms. The number of morpholine rings is 1. The fourth-order valence-corrected chi connectivity index (χ4v) is 5.32. The van der Waals surface area contributed by atoms with Crippen molar-refractivity contribution in [2.75, 3.05) is 82.8 Å². The predicted octanol–water partition coefficient (Wildman–Crippen LogP) is 2.79. The van der Waals surface area contributed by atoms with Crippen LogP contribution in [0, 0.1) is 15.9 Å². The van der Waals surface area contributed by atoms with E-state index in [1.54, 1.807) is 12.1 Å². The Morgan fingerprint density at radius 2 is 1.77 bits per heavy atom. The predicted molar refractivity (Wildman–Crippen MR) is 161 cm³/mol. The molecule has 18 heteroatoms. The van der Waals surface area contributed by atoms with Gasteiger partial charge in [0.2, 0.25) is 5.82 Å². The van der Waals surface area contributed by atoms with E-state index < -0.39 is 45.5 Å². The molecule has 3 aromatic rings. The fraction of sp³-hybridized carbons (Fsp3) is 0.448. The summed E-state index contributed by atoms with van der Waals surface area (Å²) in [6, 6.07) is 4.94. The Balaban J connectivity index is 1.38. The summed E-state index contributed by atoms with van der Waals surface area (Å²) in [5.41, 5.74) is -3.16. The van der Waals surface area contributed by atoms with Crippen molar-refractivity contribution in [3.05, 3.63) is 69.3 Å². The van der Waals surface area contributed by atoms with Crippen LogP contribution in [0.25, 0.3) is 5.69 Å². The van der Waals surface area contributed by atoms with Crippen LogP contribution in [0.4, 0.5) is 34.6 Å². The fourth-order valence-electron chi connectivity index (χ4n) is 5.32. The van der Waals surface area contributed by atoms with E-state index in [4.69, 9.17) is 4.74 Å². The molecule has 2 aromatic carbocycles. The molecule has 2 fully saturated rings. The number of carbonyl (C=O) groups excluding carboxylic acids is 2. The van der Waals surface area contributed by atoms with Crippen molar-refractivity contribution >= 4 is 28.9 Å². The Kier molecular flexibility index (Phi) is 10.3. The molecule has 2 N–H and O–H groups in total. The maximum absolute atomic E-state index is 14.2. The number of benzene rings is 2. The van der Waals surface area contributed by atoms with Crippen LogP contribution in [0.1, 0.15) is 32.8 Å². The molecule has 2 aliphatic rings. The average molecular weight is 664 g/mol. The third-order valence-corrected chi connectivity index (χ3v) is 7.94. The minimum atomic E-state index is -5.18. The number of hydrogen-bond acceptors (Lipinski definition) is 10. The average Bonchev–Trinajstić information content (AvgIpc) is 3.54. The number of hydrogen-bond donors (Lipinski definition) is 2. The standard InChI is InChI=1S/C29H33F4N9O5/c1-38-7-9-40(10-8-38)25-4-3-19(41-18-24(36-37-41)28(44)34-5-2-6-39-11-13-47-14-12-39)15-23(25)35-27(43)20-16-26(42(45)46)22(30)17-21(20)29(31,32)33/h3-4,15-18H,2,5-14H2,1H3,(H,34,44)(H,35,43). The number of likely N-dealkylation sites (N-methyl/N-ethyl adjacent to an activating group) is 1. The molecule has 0 unspecified atom stereocenters. The van der Waals surface area contributed by atoms with E-state index in [-0.39, 0.29) is 23.5 Å². The second-order valence-electron chi connectivity index (χ2n) is 11.2. The molecule has 14 nitrogen and oxygen atoms in total. The number of aromatic nitrogens is 3. The van der Waals surface area contributed by atoms with Gasteiger partial charge in [0.25, 0.3) is 11.8 Å². The smallest absolute Gasteiger partial charge is 0.379 e. The van der Waals surface area contributed by atoms with E-state index in [0.29, 0.717) is 57.3 Å². The van der Waals surface area contributed by atoms with Gasteiger partial charge in [-0.25, -0.2) is 4.68 Å². The largest absolute Gasteiger partial charge is 0.417 e. The molecule has 0 spiro atoms. The molecule has 0 radical (unpaired) electrons. The van der Waals surface area contributed by atoms with Crippen molar-refractivity contribution < 1.29 is 36.8 Å². The molecular weight excluding hydrogens is 630 g/mol. The lowest BCUT2D eigenvalue weighted by molar-refractivity contribution is -0.387. The first-order valence-corrected chi connectivity index (χ1v) is 14.9. The van der Waals surface area contributed by atoms with Crippen molar-refractivity contribution in [1.82, 2.24) is 30.1 Å². The first-order chi connectivity index (χ1) is 22.4. The zero-order valence-corrected chi connectivity index (χ0v) is 25.4. The first kappa shape index (κ1) is 33.7.